The van der Waals surface area contributed by atoms with Crippen LogP contribution < -0.4 is 16.0 Å². The van der Waals surface area contributed by atoms with Crippen molar-refractivity contribution in [1.82, 2.24) is 30.6 Å². The molecule has 2 amide bonds. The molecule has 1 saturated heterocycles. The van der Waals surface area contributed by atoms with Crippen LogP contribution >= 0.6 is 0 Å². The number of amides is 2. The van der Waals surface area contributed by atoms with Crippen LogP contribution in [0.1, 0.15) is 71.3 Å². The number of piperidine rings is 1. The van der Waals surface area contributed by atoms with Crippen LogP contribution in [0.3, 0.4) is 0 Å². The van der Waals surface area contributed by atoms with Gasteiger partial charge in [0.25, 0.3) is 11.8 Å². The lowest BCUT2D eigenvalue weighted by molar-refractivity contribution is 0.0923. The highest BCUT2D eigenvalue weighted by molar-refractivity contribution is 6.04. The Bertz CT molecular complexity index is 1330. The highest BCUT2D eigenvalue weighted by Crippen LogP contribution is 2.25. The van der Waals surface area contributed by atoms with Gasteiger partial charge in [-0.3, -0.25) is 14.6 Å². The summed E-state index contributed by atoms with van der Waals surface area (Å²) in [6.07, 6.45) is 4.85. The van der Waals surface area contributed by atoms with Crippen LogP contribution in [0.2, 0.25) is 0 Å². The van der Waals surface area contributed by atoms with E-state index in [1.54, 1.807) is 36.7 Å². The summed E-state index contributed by atoms with van der Waals surface area (Å²) in [6, 6.07) is 9.13. The topological polar surface area (TPSA) is 138 Å². The summed E-state index contributed by atoms with van der Waals surface area (Å²) in [5, 5.41) is 26.7. The Balaban J connectivity index is 1.53. The maximum Gasteiger partial charge on any atom is 0.273 e. The van der Waals surface area contributed by atoms with Crippen molar-refractivity contribution >= 4 is 17.5 Å². The zero-order chi connectivity index (χ0) is 25.9. The van der Waals surface area contributed by atoms with Crippen LogP contribution in [0, 0.1) is 18.3 Å². The quantitative estimate of drug-likeness (QED) is 0.504. The van der Waals surface area contributed by atoms with E-state index in [2.05, 4.69) is 37.3 Å². The van der Waals surface area contributed by atoms with Gasteiger partial charge in [0.2, 0.25) is 0 Å². The molecule has 0 aliphatic carbocycles. The van der Waals surface area contributed by atoms with E-state index in [4.69, 9.17) is 0 Å². The van der Waals surface area contributed by atoms with E-state index in [9.17, 15) is 14.9 Å². The van der Waals surface area contributed by atoms with Crippen molar-refractivity contribution in [2.24, 2.45) is 0 Å². The van der Waals surface area contributed by atoms with Crippen LogP contribution in [-0.4, -0.2) is 50.9 Å². The smallest absolute Gasteiger partial charge is 0.273 e. The number of benzene rings is 1. The van der Waals surface area contributed by atoms with Gasteiger partial charge < -0.3 is 16.0 Å². The van der Waals surface area contributed by atoms with E-state index < -0.39 is 0 Å². The monoisotopic (exact) mass is 486 g/mol. The highest BCUT2D eigenvalue weighted by atomic mass is 16.2. The molecule has 0 spiro atoms. The van der Waals surface area contributed by atoms with E-state index in [1.165, 1.54) is 4.68 Å². The fourth-order valence-corrected chi connectivity index (χ4v) is 3.99. The number of anilines is 1. The van der Waals surface area contributed by atoms with Crippen molar-refractivity contribution < 1.29 is 9.59 Å². The van der Waals surface area contributed by atoms with Crippen molar-refractivity contribution in [3.8, 4) is 11.8 Å². The highest BCUT2D eigenvalue weighted by Gasteiger charge is 2.20. The number of aryl methyl sites for hydroxylation is 1. The van der Waals surface area contributed by atoms with E-state index >= 15 is 0 Å². The Morgan fingerprint density at radius 1 is 1.14 bits per heavy atom. The number of rotatable bonds is 5. The Hall–Kier alpha value is -4.10. The molecule has 10 heteroatoms. The van der Waals surface area contributed by atoms with Crippen molar-refractivity contribution in [2.75, 3.05) is 18.4 Å². The van der Waals surface area contributed by atoms with Gasteiger partial charge in [-0.15, -0.1) is 5.10 Å². The average molecular weight is 487 g/mol. The van der Waals surface area contributed by atoms with Gasteiger partial charge in [-0.25, -0.2) is 4.68 Å². The number of hydrogen-bond acceptors (Lipinski definition) is 7. The molecule has 3 aromatic rings. The van der Waals surface area contributed by atoms with Gasteiger partial charge in [-0.1, -0.05) is 26.0 Å². The van der Waals surface area contributed by atoms with Crippen LogP contribution in [0.15, 0.2) is 36.7 Å². The van der Waals surface area contributed by atoms with Gasteiger partial charge in [0.05, 0.1) is 41.1 Å². The number of carbonyl (C=O) groups excluding carboxylic acids is 2. The van der Waals surface area contributed by atoms with Gasteiger partial charge in [0.1, 0.15) is 0 Å². The Labute approximate surface area is 210 Å². The van der Waals surface area contributed by atoms with E-state index in [1.807, 2.05) is 27.7 Å². The fraction of sp³-hybridized carbons (Fsp3) is 0.385. The SMILES string of the molecule is Cc1ncc(NC(=O)c2cc(C#N)cc(C(C)(C)C)c2)cc1-n1cc(C(=O)NC2CCNCC2)nn1. The zero-order valence-electron chi connectivity index (χ0n) is 20.9. The van der Waals surface area contributed by atoms with E-state index in [0.29, 0.717) is 28.2 Å². The van der Waals surface area contributed by atoms with Crippen LogP contribution in [0.4, 0.5) is 5.69 Å². The molecule has 1 aromatic carbocycles. The minimum atomic E-state index is -0.352. The summed E-state index contributed by atoms with van der Waals surface area (Å²) in [4.78, 5) is 30.0. The second-order valence-electron chi connectivity index (χ2n) is 9.99. The van der Waals surface area contributed by atoms with Gasteiger partial charge in [-0.05, 0) is 68.1 Å². The predicted octanol–water partition coefficient (Wildman–Crippen LogP) is 2.87. The van der Waals surface area contributed by atoms with E-state index in [-0.39, 0.29) is 29.0 Å². The summed E-state index contributed by atoms with van der Waals surface area (Å²) < 4.78 is 1.48. The number of nitrogens with one attached hydrogen (secondary N) is 3. The van der Waals surface area contributed by atoms with Crippen molar-refractivity contribution in [3.05, 3.63) is 64.7 Å². The molecule has 1 aliphatic heterocycles. The second kappa shape index (κ2) is 10.3. The standard InChI is InChI=1S/C26H30N8O2/c1-16-23(34-15-22(32-33-34)25(36)30-20-5-7-28-8-6-20)12-21(14-29-16)31-24(35)18-9-17(13-27)10-19(11-18)26(2,3)4/h9-12,14-15,20,28H,5-8H2,1-4H3,(H,30,36)(H,31,35). The summed E-state index contributed by atoms with van der Waals surface area (Å²) in [5.41, 5.74) is 3.40. The fourth-order valence-electron chi connectivity index (χ4n) is 3.99. The molecule has 10 nitrogen and oxygen atoms in total. The van der Waals surface area contributed by atoms with Gasteiger partial charge in [0.15, 0.2) is 5.69 Å². The molecule has 0 bridgehead atoms. The first kappa shape index (κ1) is 25.0. The number of nitriles is 1. The summed E-state index contributed by atoms with van der Waals surface area (Å²) in [7, 11) is 0. The molecular formula is C26H30N8O2. The molecule has 0 saturated carbocycles. The molecule has 0 unspecified atom stereocenters. The first-order chi connectivity index (χ1) is 17.1. The normalized spacial score (nSPS) is 14.2. The first-order valence-corrected chi connectivity index (χ1v) is 11.9. The maximum absolute atomic E-state index is 13.0. The average Bonchev–Trinajstić information content (AvgIpc) is 3.35. The lowest BCUT2D eigenvalue weighted by Gasteiger charge is -2.23. The van der Waals surface area contributed by atoms with E-state index in [0.717, 1.165) is 31.5 Å². The van der Waals surface area contributed by atoms with Crippen LogP contribution in [-0.2, 0) is 5.41 Å². The number of aromatic nitrogens is 4. The third-order valence-electron chi connectivity index (χ3n) is 6.16. The Morgan fingerprint density at radius 2 is 1.89 bits per heavy atom. The molecule has 0 atom stereocenters. The molecule has 1 aliphatic rings. The van der Waals surface area contributed by atoms with Crippen LogP contribution in [0.25, 0.3) is 5.69 Å². The van der Waals surface area contributed by atoms with Gasteiger partial charge in [-0.2, -0.15) is 5.26 Å². The zero-order valence-corrected chi connectivity index (χ0v) is 20.9. The molecule has 1 fully saturated rings. The summed E-state index contributed by atoms with van der Waals surface area (Å²) >= 11 is 0. The minimum absolute atomic E-state index is 0.115. The van der Waals surface area contributed by atoms with Crippen LogP contribution in [0.5, 0.6) is 0 Å². The van der Waals surface area contributed by atoms with Crippen molar-refractivity contribution in [2.45, 2.75) is 52.0 Å². The number of pyridine rings is 1. The molecule has 186 valence electrons. The summed E-state index contributed by atoms with van der Waals surface area (Å²) in [5.74, 6) is -0.620. The molecular weight excluding hydrogens is 456 g/mol. The Morgan fingerprint density at radius 3 is 2.58 bits per heavy atom. The lowest BCUT2D eigenvalue weighted by Crippen LogP contribution is -2.42. The molecule has 2 aromatic heterocycles. The largest absolute Gasteiger partial charge is 0.348 e. The predicted molar refractivity (Wildman–Crippen MR) is 135 cm³/mol. The maximum atomic E-state index is 13.0. The second-order valence-corrected chi connectivity index (χ2v) is 9.99. The summed E-state index contributed by atoms with van der Waals surface area (Å²) in [6.45, 7) is 9.64. The number of carbonyl (C=O) groups is 2. The molecule has 3 N–H and O–H groups in total. The molecule has 0 radical (unpaired) electrons. The number of hydrogen-bond donors (Lipinski definition) is 3. The third kappa shape index (κ3) is 5.75. The molecule has 36 heavy (non-hydrogen) atoms. The lowest BCUT2D eigenvalue weighted by atomic mass is 9.85. The minimum Gasteiger partial charge on any atom is -0.348 e. The Kier molecular flexibility index (Phi) is 7.12. The van der Waals surface area contributed by atoms with Gasteiger partial charge >= 0.3 is 0 Å². The van der Waals surface area contributed by atoms with Crippen molar-refractivity contribution in [3.63, 3.8) is 0 Å². The third-order valence-corrected chi connectivity index (χ3v) is 6.16. The molecule has 4 rings (SSSR count). The molecule has 3 heterocycles. The van der Waals surface area contributed by atoms with Gasteiger partial charge in [0, 0.05) is 11.6 Å². The number of nitrogens with zero attached hydrogens (tertiary/aromatic N) is 5. The van der Waals surface area contributed by atoms with Crippen molar-refractivity contribution in [1.29, 1.82) is 5.26 Å². The first-order valence-electron chi connectivity index (χ1n) is 11.9.